The molecule has 2 aromatic carbocycles. The molecule has 0 saturated carbocycles. The quantitative estimate of drug-likeness (QED) is 0.562. The minimum absolute atomic E-state index is 0.584. The van der Waals surface area contributed by atoms with Crippen LogP contribution < -0.4 is 10.4 Å². The van der Waals surface area contributed by atoms with Crippen molar-refractivity contribution in [2.45, 2.75) is 13.0 Å². The second kappa shape index (κ2) is 4.62. The van der Waals surface area contributed by atoms with Crippen LogP contribution in [0.15, 0.2) is 60.7 Å². The molecule has 0 aliphatic rings. The highest BCUT2D eigenvalue weighted by molar-refractivity contribution is 6.96. The first-order chi connectivity index (χ1) is 7.77. The topological polar surface area (TPSA) is 0 Å². The normalized spacial score (nSPS) is 11.4. The first kappa shape index (κ1) is 11.1. The number of rotatable bonds is 3. The molecule has 0 aromatic heterocycles. The van der Waals surface area contributed by atoms with Crippen molar-refractivity contribution in [2.24, 2.45) is 0 Å². The Balaban J connectivity index is 2.49. The average Bonchev–Trinajstić information content (AvgIpc) is 2.40. The fourth-order valence-electron chi connectivity index (χ4n) is 1.98. The zero-order valence-electron chi connectivity index (χ0n) is 9.36. The van der Waals surface area contributed by atoms with Gasteiger partial charge in [0.1, 0.15) is 0 Å². The highest BCUT2D eigenvalue weighted by Gasteiger charge is 2.36. The minimum atomic E-state index is -2.98. The zero-order chi connectivity index (χ0) is 11.4. The van der Waals surface area contributed by atoms with Crippen LogP contribution in [0.4, 0.5) is 4.11 Å². The molecule has 82 valence electrons. The molecule has 2 aromatic rings. The highest BCUT2D eigenvalue weighted by Crippen LogP contribution is 2.11. The van der Waals surface area contributed by atoms with E-state index in [4.69, 9.17) is 0 Å². The Kier molecular flexibility index (Phi) is 3.20. The summed E-state index contributed by atoms with van der Waals surface area (Å²) in [6.45, 7) is 1.94. The second-order valence-corrected chi connectivity index (χ2v) is 7.35. The minimum Gasteiger partial charge on any atom is -0.302 e. The predicted molar refractivity (Wildman–Crippen MR) is 69.5 cm³/mol. The molecular weight excluding hydrogens is 215 g/mol. The number of halogens is 1. The fraction of sp³-hybridized carbons (Fsp3) is 0.143. The van der Waals surface area contributed by atoms with Crippen LogP contribution in [0.5, 0.6) is 0 Å². The lowest BCUT2D eigenvalue weighted by Gasteiger charge is -2.21. The van der Waals surface area contributed by atoms with E-state index in [1.54, 1.807) is 0 Å². The number of hydrogen-bond donors (Lipinski definition) is 0. The van der Waals surface area contributed by atoms with E-state index >= 15 is 4.11 Å². The van der Waals surface area contributed by atoms with E-state index in [9.17, 15) is 0 Å². The van der Waals surface area contributed by atoms with Gasteiger partial charge in [-0.1, -0.05) is 67.6 Å². The highest BCUT2D eigenvalue weighted by atomic mass is 28.4. The van der Waals surface area contributed by atoms with Crippen molar-refractivity contribution in [2.75, 3.05) is 0 Å². The summed E-state index contributed by atoms with van der Waals surface area (Å²) >= 11 is 0. The summed E-state index contributed by atoms with van der Waals surface area (Å²) in [5.41, 5.74) is 0. The predicted octanol–water partition coefficient (Wildman–Crippen LogP) is 2.74. The molecule has 16 heavy (non-hydrogen) atoms. The lowest BCUT2D eigenvalue weighted by molar-refractivity contribution is 0.814. The van der Waals surface area contributed by atoms with Gasteiger partial charge in [0.25, 0.3) is 0 Å². The molecule has 2 heteroatoms. The summed E-state index contributed by atoms with van der Waals surface area (Å²) in [6, 6.07) is 19.7. The van der Waals surface area contributed by atoms with Crippen LogP contribution in [0.1, 0.15) is 6.92 Å². The van der Waals surface area contributed by atoms with Crippen molar-refractivity contribution >= 4 is 18.8 Å². The van der Waals surface area contributed by atoms with Gasteiger partial charge in [0, 0.05) is 0 Å². The van der Waals surface area contributed by atoms with E-state index in [0.717, 1.165) is 10.4 Å². The fourth-order valence-corrected chi connectivity index (χ4v) is 4.57. The van der Waals surface area contributed by atoms with Crippen LogP contribution in [0.2, 0.25) is 6.04 Å². The maximum atomic E-state index is 15.1. The Labute approximate surface area is 96.9 Å². The second-order valence-electron chi connectivity index (χ2n) is 3.89. The van der Waals surface area contributed by atoms with E-state index in [2.05, 4.69) is 0 Å². The summed E-state index contributed by atoms with van der Waals surface area (Å²) in [7, 11) is -2.98. The molecule has 0 nitrogen and oxygen atoms in total. The maximum Gasteiger partial charge on any atom is 0.308 e. The maximum absolute atomic E-state index is 15.1. The Hall–Kier alpha value is -1.41. The summed E-state index contributed by atoms with van der Waals surface area (Å²) in [5.74, 6) is 0. The van der Waals surface area contributed by atoms with Gasteiger partial charge in [-0.2, -0.15) is 0 Å². The van der Waals surface area contributed by atoms with E-state index in [0.29, 0.717) is 6.04 Å². The molecule has 0 saturated heterocycles. The molecule has 0 aliphatic heterocycles. The SMILES string of the molecule is CC[Si](F)(c1ccccc1)c1ccccc1. The summed E-state index contributed by atoms with van der Waals surface area (Å²) in [4.78, 5) is 0. The van der Waals surface area contributed by atoms with Crippen molar-refractivity contribution in [1.82, 2.24) is 0 Å². The van der Waals surface area contributed by atoms with E-state index < -0.39 is 8.41 Å². The van der Waals surface area contributed by atoms with Crippen molar-refractivity contribution in [3.05, 3.63) is 60.7 Å². The van der Waals surface area contributed by atoms with Crippen molar-refractivity contribution in [3.8, 4) is 0 Å². The molecule has 0 atom stereocenters. The first-order valence-corrected chi connectivity index (χ1v) is 7.66. The van der Waals surface area contributed by atoms with Gasteiger partial charge in [0.05, 0.1) is 0 Å². The van der Waals surface area contributed by atoms with Crippen LogP contribution >= 0.6 is 0 Å². The molecular formula is C14H15FSi. The molecule has 2 rings (SSSR count). The number of hydrogen-bond acceptors (Lipinski definition) is 0. The van der Waals surface area contributed by atoms with Crippen LogP contribution in [-0.4, -0.2) is 8.41 Å². The molecule has 0 bridgehead atoms. The summed E-state index contributed by atoms with van der Waals surface area (Å²) in [5, 5.41) is 1.73. The Morgan fingerprint density at radius 3 is 1.50 bits per heavy atom. The third-order valence-corrected chi connectivity index (χ3v) is 6.42. The molecule has 0 aliphatic carbocycles. The zero-order valence-corrected chi connectivity index (χ0v) is 10.4. The summed E-state index contributed by atoms with van der Waals surface area (Å²) < 4.78 is 15.1. The van der Waals surface area contributed by atoms with Crippen molar-refractivity contribution < 1.29 is 4.11 Å². The van der Waals surface area contributed by atoms with E-state index in [1.165, 1.54) is 0 Å². The van der Waals surface area contributed by atoms with Gasteiger partial charge in [-0.3, -0.25) is 0 Å². The molecule has 0 fully saturated rings. The van der Waals surface area contributed by atoms with Crippen LogP contribution in [0, 0.1) is 0 Å². The van der Waals surface area contributed by atoms with Gasteiger partial charge in [-0.15, -0.1) is 0 Å². The lowest BCUT2D eigenvalue weighted by atomic mass is 10.4. The van der Waals surface area contributed by atoms with Crippen LogP contribution in [0.3, 0.4) is 0 Å². The van der Waals surface area contributed by atoms with E-state index in [-0.39, 0.29) is 0 Å². The van der Waals surface area contributed by atoms with Gasteiger partial charge in [0.2, 0.25) is 0 Å². The molecule has 0 amide bonds. The standard InChI is InChI=1S/C14H15FSi/c1-2-16(15,13-9-5-3-6-10-13)14-11-7-4-8-12-14/h3-12H,2H2,1H3. The molecule has 0 heterocycles. The molecule has 0 radical (unpaired) electrons. The van der Waals surface area contributed by atoms with Gasteiger partial charge in [-0.05, 0) is 16.4 Å². The first-order valence-electron chi connectivity index (χ1n) is 5.57. The number of benzene rings is 2. The van der Waals surface area contributed by atoms with Gasteiger partial charge in [0.15, 0.2) is 0 Å². The molecule has 0 spiro atoms. The molecule has 0 unspecified atom stereocenters. The Morgan fingerprint density at radius 1 is 0.812 bits per heavy atom. The third kappa shape index (κ3) is 1.93. The summed E-state index contributed by atoms with van der Waals surface area (Å²) in [6.07, 6.45) is 0. The van der Waals surface area contributed by atoms with Crippen LogP contribution in [-0.2, 0) is 0 Å². The van der Waals surface area contributed by atoms with Crippen molar-refractivity contribution in [3.63, 3.8) is 0 Å². The smallest absolute Gasteiger partial charge is 0.302 e. The van der Waals surface area contributed by atoms with Gasteiger partial charge >= 0.3 is 8.41 Å². The van der Waals surface area contributed by atoms with Crippen molar-refractivity contribution in [1.29, 1.82) is 0 Å². The molecule has 0 N–H and O–H groups in total. The average molecular weight is 230 g/mol. The van der Waals surface area contributed by atoms with Gasteiger partial charge < -0.3 is 4.11 Å². The van der Waals surface area contributed by atoms with E-state index in [1.807, 2.05) is 67.6 Å². The third-order valence-electron chi connectivity index (χ3n) is 2.95. The Bertz CT molecular complexity index is 399. The monoisotopic (exact) mass is 230 g/mol. The lowest BCUT2D eigenvalue weighted by Crippen LogP contribution is -2.53. The van der Waals surface area contributed by atoms with Crippen LogP contribution in [0.25, 0.3) is 0 Å². The largest absolute Gasteiger partial charge is 0.308 e. The Morgan fingerprint density at radius 2 is 1.19 bits per heavy atom. The van der Waals surface area contributed by atoms with Gasteiger partial charge in [-0.25, -0.2) is 0 Å².